The molecule has 1 aromatic carbocycles. The van der Waals surface area contributed by atoms with Crippen molar-refractivity contribution in [2.75, 3.05) is 4.90 Å². The standard InChI is InChI=1S/C16H19BrClN3O/c1-4-13-7-5-6-8-14(13)20(16(22)12(3)18)10-21-11(2)9-15(17)19-21/h5-9,12H,4,10H2,1-3H3. The van der Waals surface area contributed by atoms with E-state index in [-0.39, 0.29) is 5.91 Å². The lowest BCUT2D eigenvalue weighted by atomic mass is 10.1. The molecule has 0 aliphatic heterocycles. The molecule has 2 aromatic rings. The summed E-state index contributed by atoms with van der Waals surface area (Å²) < 4.78 is 2.54. The van der Waals surface area contributed by atoms with E-state index in [0.29, 0.717) is 6.67 Å². The molecule has 1 aromatic heterocycles. The van der Waals surface area contributed by atoms with E-state index in [9.17, 15) is 4.79 Å². The number of amides is 1. The highest BCUT2D eigenvalue weighted by Crippen LogP contribution is 2.24. The summed E-state index contributed by atoms with van der Waals surface area (Å²) >= 11 is 9.41. The number of hydrogen-bond acceptors (Lipinski definition) is 2. The van der Waals surface area contributed by atoms with Gasteiger partial charge in [-0.2, -0.15) is 5.10 Å². The zero-order chi connectivity index (χ0) is 16.3. The number of alkyl halides is 1. The highest BCUT2D eigenvalue weighted by molar-refractivity contribution is 9.10. The lowest BCUT2D eigenvalue weighted by molar-refractivity contribution is -0.118. The lowest BCUT2D eigenvalue weighted by Crippen LogP contribution is -2.38. The van der Waals surface area contributed by atoms with Crippen LogP contribution in [0.5, 0.6) is 0 Å². The molecule has 2 rings (SSSR count). The molecule has 1 unspecified atom stereocenters. The molecule has 1 atom stereocenters. The average molecular weight is 385 g/mol. The van der Waals surface area contributed by atoms with Crippen molar-refractivity contribution in [1.82, 2.24) is 9.78 Å². The van der Waals surface area contributed by atoms with Crippen molar-refractivity contribution in [3.8, 4) is 0 Å². The molecular formula is C16H19BrClN3O. The molecule has 0 aliphatic carbocycles. The molecule has 1 heterocycles. The van der Waals surface area contributed by atoms with Crippen molar-refractivity contribution >= 4 is 39.1 Å². The molecule has 0 radical (unpaired) electrons. The van der Waals surface area contributed by atoms with Gasteiger partial charge in [0.1, 0.15) is 16.6 Å². The van der Waals surface area contributed by atoms with Crippen molar-refractivity contribution in [3.63, 3.8) is 0 Å². The van der Waals surface area contributed by atoms with Crippen LogP contribution in [0.4, 0.5) is 5.69 Å². The van der Waals surface area contributed by atoms with Gasteiger partial charge in [0, 0.05) is 11.4 Å². The summed E-state index contributed by atoms with van der Waals surface area (Å²) in [5.74, 6) is -0.131. The number of carbonyl (C=O) groups is 1. The molecule has 0 fully saturated rings. The number of carbonyl (C=O) groups excluding carboxylic acids is 1. The predicted molar refractivity (Wildman–Crippen MR) is 93.3 cm³/mol. The highest BCUT2D eigenvalue weighted by atomic mass is 79.9. The minimum absolute atomic E-state index is 0.131. The van der Waals surface area contributed by atoms with Gasteiger partial charge in [0.2, 0.25) is 5.91 Å². The molecule has 4 nitrogen and oxygen atoms in total. The molecule has 0 aliphatic rings. The van der Waals surface area contributed by atoms with E-state index in [2.05, 4.69) is 28.0 Å². The fourth-order valence-corrected chi connectivity index (χ4v) is 2.94. The monoisotopic (exact) mass is 383 g/mol. The number of para-hydroxylation sites is 1. The van der Waals surface area contributed by atoms with E-state index in [0.717, 1.165) is 28.0 Å². The second-order valence-electron chi connectivity index (χ2n) is 5.11. The topological polar surface area (TPSA) is 38.1 Å². The van der Waals surface area contributed by atoms with Crippen LogP contribution < -0.4 is 4.90 Å². The van der Waals surface area contributed by atoms with Crippen LogP contribution in [-0.2, 0) is 17.9 Å². The van der Waals surface area contributed by atoms with Crippen molar-refractivity contribution in [2.24, 2.45) is 0 Å². The Morgan fingerprint density at radius 3 is 2.68 bits per heavy atom. The van der Waals surface area contributed by atoms with Gasteiger partial charge in [-0.15, -0.1) is 11.6 Å². The van der Waals surface area contributed by atoms with Crippen LogP contribution in [0.2, 0.25) is 0 Å². The maximum atomic E-state index is 12.6. The Morgan fingerprint density at radius 1 is 1.45 bits per heavy atom. The first-order valence-corrected chi connectivity index (χ1v) is 8.40. The van der Waals surface area contributed by atoms with Crippen molar-refractivity contribution in [2.45, 2.75) is 39.2 Å². The van der Waals surface area contributed by atoms with Crippen molar-refractivity contribution in [1.29, 1.82) is 0 Å². The van der Waals surface area contributed by atoms with Crippen LogP contribution in [0.15, 0.2) is 34.9 Å². The first-order chi connectivity index (χ1) is 10.4. The first-order valence-electron chi connectivity index (χ1n) is 7.17. The Kier molecular flexibility index (Phi) is 5.64. The third kappa shape index (κ3) is 3.70. The first kappa shape index (κ1) is 17.0. The lowest BCUT2D eigenvalue weighted by Gasteiger charge is -2.26. The number of halogens is 2. The molecule has 22 heavy (non-hydrogen) atoms. The van der Waals surface area contributed by atoms with Gasteiger partial charge in [0.25, 0.3) is 0 Å². The molecule has 0 bridgehead atoms. The van der Waals surface area contributed by atoms with Crippen LogP contribution in [0.1, 0.15) is 25.1 Å². The van der Waals surface area contributed by atoms with E-state index in [4.69, 9.17) is 11.6 Å². The summed E-state index contributed by atoms with van der Waals surface area (Å²) in [6, 6.07) is 9.80. The van der Waals surface area contributed by atoms with E-state index in [1.807, 2.05) is 37.3 Å². The van der Waals surface area contributed by atoms with Gasteiger partial charge < -0.3 is 0 Å². The Bertz CT molecular complexity index is 669. The van der Waals surface area contributed by atoms with E-state index in [1.54, 1.807) is 16.5 Å². The van der Waals surface area contributed by atoms with E-state index < -0.39 is 5.38 Å². The summed E-state index contributed by atoms with van der Waals surface area (Å²) in [6.45, 7) is 6.05. The smallest absolute Gasteiger partial charge is 0.246 e. The third-order valence-corrected chi connectivity index (χ3v) is 4.07. The van der Waals surface area contributed by atoms with Crippen LogP contribution in [0.3, 0.4) is 0 Å². The van der Waals surface area contributed by atoms with Gasteiger partial charge in [-0.3, -0.25) is 9.69 Å². The summed E-state index contributed by atoms with van der Waals surface area (Å²) in [5.41, 5.74) is 2.96. The molecule has 118 valence electrons. The highest BCUT2D eigenvalue weighted by Gasteiger charge is 2.23. The summed E-state index contributed by atoms with van der Waals surface area (Å²) in [7, 11) is 0. The largest absolute Gasteiger partial charge is 0.291 e. The van der Waals surface area contributed by atoms with Crippen molar-refractivity contribution < 1.29 is 4.79 Å². The van der Waals surface area contributed by atoms with Gasteiger partial charge in [-0.1, -0.05) is 25.1 Å². The van der Waals surface area contributed by atoms with E-state index >= 15 is 0 Å². The van der Waals surface area contributed by atoms with Gasteiger partial charge in [-0.25, -0.2) is 4.68 Å². The normalized spacial score (nSPS) is 12.2. The average Bonchev–Trinajstić information content (AvgIpc) is 2.81. The number of anilines is 1. The number of benzene rings is 1. The number of aryl methyl sites for hydroxylation is 2. The van der Waals surface area contributed by atoms with Gasteiger partial charge in [0.15, 0.2) is 0 Å². The number of aromatic nitrogens is 2. The molecule has 0 spiro atoms. The van der Waals surface area contributed by atoms with E-state index in [1.165, 1.54) is 0 Å². The fourth-order valence-electron chi connectivity index (χ4n) is 2.30. The minimum Gasteiger partial charge on any atom is -0.291 e. The fraction of sp³-hybridized carbons (Fsp3) is 0.375. The zero-order valence-electron chi connectivity index (χ0n) is 12.9. The molecule has 0 saturated carbocycles. The van der Waals surface area contributed by atoms with Crippen molar-refractivity contribution in [3.05, 3.63) is 46.2 Å². The molecule has 0 N–H and O–H groups in total. The third-order valence-electron chi connectivity index (χ3n) is 3.50. The molecule has 0 saturated heterocycles. The number of rotatable bonds is 5. The van der Waals surface area contributed by atoms with Crippen LogP contribution in [0, 0.1) is 6.92 Å². The Balaban J connectivity index is 2.43. The van der Waals surface area contributed by atoms with Gasteiger partial charge in [0.05, 0.1) is 0 Å². The number of hydrogen-bond donors (Lipinski definition) is 0. The van der Waals surface area contributed by atoms with Gasteiger partial charge >= 0.3 is 0 Å². The summed E-state index contributed by atoms with van der Waals surface area (Å²) in [4.78, 5) is 14.3. The van der Waals surface area contributed by atoms with Crippen LogP contribution in [-0.4, -0.2) is 21.1 Å². The Hall–Kier alpha value is -1.33. The predicted octanol–water partition coefficient (Wildman–Crippen LogP) is 4.13. The Labute approximate surface area is 144 Å². The maximum Gasteiger partial charge on any atom is 0.246 e. The zero-order valence-corrected chi connectivity index (χ0v) is 15.2. The second-order valence-corrected chi connectivity index (χ2v) is 6.58. The Morgan fingerprint density at radius 2 is 2.14 bits per heavy atom. The number of nitrogens with zero attached hydrogens (tertiary/aromatic N) is 3. The maximum absolute atomic E-state index is 12.6. The van der Waals surface area contributed by atoms with Crippen LogP contribution in [0.25, 0.3) is 0 Å². The van der Waals surface area contributed by atoms with Gasteiger partial charge in [-0.05, 0) is 53.9 Å². The SMILES string of the molecule is CCc1ccccc1N(Cn1nc(Br)cc1C)C(=O)C(C)Cl. The van der Waals surface area contributed by atoms with Crippen LogP contribution >= 0.6 is 27.5 Å². The second kappa shape index (κ2) is 7.29. The summed E-state index contributed by atoms with van der Waals surface area (Å²) in [6.07, 6.45) is 0.846. The molecule has 6 heteroatoms. The minimum atomic E-state index is -0.593. The summed E-state index contributed by atoms with van der Waals surface area (Å²) in [5, 5.41) is 3.78. The quantitative estimate of drug-likeness (QED) is 0.727. The molecule has 1 amide bonds. The molecular weight excluding hydrogens is 366 g/mol.